The Kier molecular flexibility index (Phi) is 5.80. The number of anilines is 2. The standard InChI is InChI=1S/C20H20FN3O3/c21-15-9-7-14(8-10-15)18(25)5-2-6-19(26)23-16-3-1-4-17(13-16)24-12-11-22-20(24)27/h1,3-4,7-10,13H,2,5-6,11-12H2,(H,22,27)(H,23,26). The van der Waals surface area contributed by atoms with Crippen LogP contribution < -0.4 is 15.5 Å². The van der Waals surface area contributed by atoms with Gasteiger partial charge in [-0.3, -0.25) is 14.5 Å². The summed E-state index contributed by atoms with van der Waals surface area (Å²) in [6.45, 7) is 1.18. The number of nitrogens with one attached hydrogen (secondary N) is 2. The molecule has 27 heavy (non-hydrogen) atoms. The van der Waals surface area contributed by atoms with E-state index in [0.29, 0.717) is 36.4 Å². The van der Waals surface area contributed by atoms with Gasteiger partial charge in [0.2, 0.25) is 5.91 Å². The van der Waals surface area contributed by atoms with Crippen LogP contribution in [0.5, 0.6) is 0 Å². The van der Waals surface area contributed by atoms with Crippen molar-refractivity contribution in [1.82, 2.24) is 5.32 Å². The highest BCUT2D eigenvalue weighted by atomic mass is 19.1. The molecule has 2 aromatic rings. The average molecular weight is 369 g/mol. The average Bonchev–Trinajstić information content (AvgIpc) is 3.08. The van der Waals surface area contributed by atoms with E-state index in [-0.39, 0.29) is 36.4 Å². The van der Waals surface area contributed by atoms with E-state index in [1.54, 1.807) is 23.1 Å². The molecule has 2 aromatic carbocycles. The van der Waals surface area contributed by atoms with E-state index in [1.807, 2.05) is 6.07 Å². The molecule has 3 amide bonds. The Hall–Kier alpha value is -3.22. The van der Waals surface area contributed by atoms with Crippen LogP contribution in [-0.4, -0.2) is 30.8 Å². The van der Waals surface area contributed by atoms with Gasteiger partial charge >= 0.3 is 6.03 Å². The van der Waals surface area contributed by atoms with Gasteiger partial charge < -0.3 is 10.6 Å². The van der Waals surface area contributed by atoms with Crippen molar-refractivity contribution in [2.24, 2.45) is 0 Å². The Morgan fingerprint density at radius 3 is 2.59 bits per heavy atom. The molecule has 6 nitrogen and oxygen atoms in total. The molecule has 0 unspecified atom stereocenters. The molecule has 140 valence electrons. The molecule has 0 atom stereocenters. The maximum absolute atomic E-state index is 12.9. The highest BCUT2D eigenvalue weighted by Gasteiger charge is 2.21. The maximum Gasteiger partial charge on any atom is 0.321 e. The van der Waals surface area contributed by atoms with Crippen LogP contribution in [0.25, 0.3) is 0 Å². The Balaban J connectivity index is 1.48. The second kappa shape index (κ2) is 8.44. The highest BCUT2D eigenvalue weighted by Crippen LogP contribution is 2.21. The van der Waals surface area contributed by atoms with Gasteiger partial charge in [0.05, 0.1) is 0 Å². The number of ketones is 1. The van der Waals surface area contributed by atoms with Crippen LogP contribution in [0.3, 0.4) is 0 Å². The number of rotatable bonds is 7. The maximum atomic E-state index is 12.9. The fourth-order valence-corrected chi connectivity index (χ4v) is 2.88. The predicted octanol–water partition coefficient (Wildman–Crippen LogP) is 3.35. The number of halogens is 1. The number of benzene rings is 2. The molecular weight excluding hydrogens is 349 g/mol. The summed E-state index contributed by atoms with van der Waals surface area (Å²) in [7, 11) is 0. The Bertz CT molecular complexity index is 852. The summed E-state index contributed by atoms with van der Waals surface area (Å²) in [5, 5.41) is 5.51. The molecule has 0 radical (unpaired) electrons. The minimum Gasteiger partial charge on any atom is -0.336 e. The van der Waals surface area contributed by atoms with Crippen LogP contribution in [0, 0.1) is 5.82 Å². The van der Waals surface area contributed by atoms with Crippen molar-refractivity contribution in [3.05, 3.63) is 59.9 Å². The predicted molar refractivity (Wildman–Crippen MR) is 100 cm³/mol. The van der Waals surface area contributed by atoms with E-state index in [2.05, 4.69) is 10.6 Å². The third kappa shape index (κ3) is 4.91. The van der Waals surface area contributed by atoms with Gasteiger partial charge in [0.15, 0.2) is 5.78 Å². The Labute approximate surface area is 156 Å². The molecule has 0 bridgehead atoms. The van der Waals surface area contributed by atoms with E-state index in [1.165, 1.54) is 24.3 Å². The van der Waals surface area contributed by atoms with Crippen LogP contribution in [0.4, 0.5) is 20.6 Å². The first-order valence-electron chi connectivity index (χ1n) is 8.77. The zero-order chi connectivity index (χ0) is 19.2. The second-order valence-corrected chi connectivity index (χ2v) is 6.27. The van der Waals surface area contributed by atoms with Crippen LogP contribution in [0.15, 0.2) is 48.5 Å². The van der Waals surface area contributed by atoms with E-state index in [0.717, 1.165) is 0 Å². The van der Waals surface area contributed by atoms with Gasteiger partial charge in [-0.15, -0.1) is 0 Å². The number of amides is 3. The largest absolute Gasteiger partial charge is 0.336 e. The Morgan fingerprint density at radius 2 is 1.89 bits per heavy atom. The first-order chi connectivity index (χ1) is 13.0. The minimum absolute atomic E-state index is 0.121. The van der Waals surface area contributed by atoms with E-state index in [4.69, 9.17) is 0 Å². The zero-order valence-electron chi connectivity index (χ0n) is 14.7. The molecule has 1 aliphatic rings. The van der Waals surface area contributed by atoms with Crippen LogP contribution in [0.2, 0.25) is 0 Å². The molecule has 1 saturated heterocycles. The molecule has 1 heterocycles. The SMILES string of the molecule is O=C(CCCC(=O)c1ccc(F)cc1)Nc1cccc(N2CCNC2=O)c1. The lowest BCUT2D eigenvalue weighted by Crippen LogP contribution is -2.27. The van der Waals surface area contributed by atoms with Crippen LogP contribution in [-0.2, 0) is 4.79 Å². The summed E-state index contributed by atoms with van der Waals surface area (Å²) in [6, 6.07) is 12.3. The van der Waals surface area contributed by atoms with Crippen molar-refractivity contribution in [2.75, 3.05) is 23.3 Å². The molecule has 1 fully saturated rings. The van der Waals surface area contributed by atoms with Crippen LogP contribution in [0.1, 0.15) is 29.6 Å². The lowest BCUT2D eigenvalue weighted by molar-refractivity contribution is -0.116. The van der Waals surface area contributed by atoms with Crippen LogP contribution >= 0.6 is 0 Å². The lowest BCUT2D eigenvalue weighted by atomic mass is 10.1. The highest BCUT2D eigenvalue weighted by molar-refractivity contribution is 5.97. The fourth-order valence-electron chi connectivity index (χ4n) is 2.88. The molecule has 0 spiro atoms. The summed E-state index contributed by atoms with van der Waals surface area (Å²) < 4.78 is 12.9. The van der Waals surface area contributed by atoms with Crippen molar-refractivity contribution in [3.8, 4) is 0 Å². The van der Waals surface area contributed by atoms with Gasteiger partial charge in [-0.25, -0.2) is 9.18 Å². The number of hydrogen-bond acceptors (Lipinski definition) is 3. The van der Waals surface area contributed by atoms with Crippen molar-refractivity contribution in [3.63, 3.8) is 0 Å². The number of carbonyl (C=O) groups is 3. The number of nitrogens with zero attached hydrogens (tertiary/aromatic N) is 1. The summed E-state index contributed by atoms with van der Waals surface area (Å²) >= 11 is 0. The first-order valence-corrected chi connectivity index (χ1v) is 8.77. The monoisotopic (exact) mass is 369 g/mol. The molecule has 0 aliphatic carbocycles. The lowest BCUT2D eigenvalue weighted by Gasteiger charge is -2.15. The van der Waals surface area contributed by atoms with Gasteiger partial charge in [-0.2, -0.15) is 0 Å². The van der Waals surface area contributed by atoms with Crippen molar-refractivity contribution < 1.29 is 18.8 Å². The van der Waals surface area contributed by atoms with Crippen molar-refractivity contribution in [2.45, 2.75) is 19.3 Å². The summed E-state index contributed by atoms with van der Waals surface area (Å²) in [5.41, 5.74) is 1.75. The quantitative estimate of drug-likeness (QED) is 0.735. The fraction of sp³-hybridized carbons (Fsp3) is 0.250. The Morgan fingerprint density at radius 1 is 1.11 bits per heavy atom. The van der Waals surface area contributed by atoms with Gasteiger partial charge in [-0.05, 0) is 48.9 Å². The summed E-state index contributed by atoms with van der Waals surface area (Å²) in [4.78, 5) is 37.5. The summed E-state index contributed by atoms with van der Waals surface area (Å²) in [6.07, 6.45) is 0.810. The minimum atomic E-state index is -0.389. The second-order valence-electron chi connectivity index (χ2n) is 6.27. The van der Waals surface area contributed by atoms with Gasteiger partial charge in [0.25, 0.3) is 0 Å². The smallest absolute Gasteiger partial charge is 0.321 e. The number of urea groups is 1. The number of hydrogen-bond donors (Lipinski definition) is 2. The van der Waals surface area contributed by atoms with Gasteiger partial charge in [0, 0.05) is 42.9 Å². The zero-order valence-corrected chi connectivity index (χ0v) is 14.7. The number of Topliss-reactive ketones (excluding diaryl/α,β-unsaturated/α-hetero) is 1. The molecular formula is C20H20FN3O3. The molecule has 0 aromatic heterocycles. The normalized spacial score (nSPS) is 13.4. The van der Waals surface area contributed by atoms with Gasteiger partial charge in [-0.1, -0.05) is 6.07 Å². The topological polar surface area (TPSA) is 78.5 Å². The summed E-state index contributed by atoms with van der Waals surface area (Å²) in [5.74, 6) is -0.714. The first kappa shape index (κ1) is 18.6. The molecule has 3 rings (SSSR count). The van der Waals surface area contributed by atoms with E-state index >= 15 is 0 Å². The molecule has 2 N–H and O–H groups in total. The van der Waals surface area contributed by atoms with E-state index < -0.39 is 0 Å². The third-order valence-electron chi connectivity index (χ3n) is 4.27. The van der Waals surface area contributed by atoms with E-state index in [9.17, 15) is 18.8 Å². The van der Waals surface area contributed by atoms with Gasteiger partial charge in [0.1, 0.15) is 5.82 Å². The van der Waals surface area contributed by atoms with Crippen molar-refractivity contribution in [1.29, 1.82) is 0 Å². The third-order valence-corrected chi connectivity index (χ3v) is 4.27. The molecule has 0 saturated carbocycles. The molecule has 1 aliphatic heterocycles. The molecule has 7 heteroatoms. The number of carbonyl (C=O) groups excluding carboxylic acids is 3. The van der Waals surface area contributed by atoms with Crippen molar-refractivity contribution >= 4 is 29.1 Å².